The van der Waals surface area contributed by atoms with Crippen molar-refractivity contribution in [3.63, 3.8) is 0 Å². The molecule has 1 aromatic rings. The molecule has 1 aliphatic rings. The Morgan fingerprint density at radius 1 is 1.56 bits per heavy atom. The van der Waals surface area contributed by atoms with Crippen LogP contribution in [0.4, 0.5) is 11.4 Å². The minimum absolute atomic E-state index is 0.294. The number of rotatable bonds is 4. The molecule has 2 N–H and O–H groups in total. The highest BCUT2D eigenvalue weighted by molar-refractivity contribution is 5.82. The van der Waals surface area contributed by atoms with Crippen LogP contribution < -0.4 is 10.6 Å². The number of benzene rings is 1. The van der Waals surface area contributed by atoms with E-state index in [1.54, 1.807) is 6.92 Å². The van der Waals surface area contributed by atoms with E-state index in [9.17, 15) is 4.79 Å². The Morgan fingerprint density at radius 3 is 3.17 bits per heavy atom. The van der Waals surface area contributed by atoms with Crippen molar-refractivity contribution in [2.45, 2.75) is 13.3 Å². The largest absolute Gasteiger partial charge is 0.463 e. The van der Waals surface area contributed by atoms with Gasteiger partial charge in [0.25, 0.3) is 0 Å². The van der Waals surface area contributed by atoms with Crippen LogP contribution in [0.1, 0.15) is 12.5 Å². The molecule has 1 aromatic carbocycles. The Balaban J connectivity index is 2.00. The normalized spacial score (nSPS) is 13.9. The van der Waals surface area contributed by atoms with E-state index in [1.807, 2.05) is 18.2 Å². The van der Waals surface area contributed by atoms with E-state index in [2.05, 4.69) is 11.0 Å². The van der Waals surface area contributed by atoms with Gasteiger partial charge in [0.2, 0.25) is 0 Å². The van der Waals surface area contributed by atoms with E-state index in [0.717, 1.165) is 24.3 Å². The van der Waals surface area contributed by atoms with Crippen molar-refractivity contribution in [1.82, 2.24) is 0 Å². The molecule has 1 heterocycles. The lowest BCUT2D eigenvalue weighted by Gasteiger charge is -2.18. The number of carbonyl (C=O) groups excluding carboxylic acids is 1. The van der Waals surface area contributed by atoms with Crippen LogP contribution in [0.3, 0.4) is 0 Å². The maximum Gasteiger partial charge on any atom is 0.330 e. The summed E-state index contributed by atoms with van der Waals surface area (Å²) in [4.78, 5) is 13.4. The monoisotopic (exact) mass is 246 g/mol. The number of nitrogens with two attached hydrogens (primary N) is 1. The minimum atomic E-state index is -0.294. The lowest BCUT2D eigenvalue weighted by molar-refractivity contribution is -0.137. The zero-order valence-electron chi connectivity index (χ0n) is 10.6. The first-order chi connectivity index (χ1) is 8.72. The molecule has 0 fully saturated rings. The van der Waals surface area contributed by atoms with Crippen LogP contribution >= 0.6 is 0 Å². The summed E-state index contributed by atoms with van der Waals surface area (Å²) in [7, 11) is 0. The van der Waals surface area contributed by atoms with Gasteiger partial charge in [-0.1, -0.05) is 18.2 Å². The fourth-order valence-corrected chi connectivity index (χ4v) is 2.21. The van der Waals surface area contributed by atoms with Crippen molar-refractivity contribution in [2.24, 2.45) is 0 Å². The van der Waals surface area contributed by atoms with Crippen molar-refractivity contribution >= 4 is 17.3 Å². The second-order valence-corrected chi connectivity index (χ2v) is 4.21. The summed E-state index contributed by atoms with van der Waals surface area (Å²) in [5.41, 5.74) is 9.16. The summed E-state index contributed by atoms with van der Waals surface area (Å²) < 4.78 is 4.83. The van der Waals surface area contributed by atoms with E-state index in [1.165, 1.54) is 11.6 Å². The number of hydrogen-bond acceptors (Lipinski definition) is 4. The Labute approximate surface area is 107 Å². The molecule has 96 valence electrons. The summed E-state index contributed by atoms with van der Waals surface area (Å²) in [5, 5.41) is 0. The number of ether oxygens (including phenoxy) is 1. The molecule has 0 bridgehead atoms. The first-order valence-electron chi connectivity index (χ1n) is 6.18. The van der Waals surface area contributed by atoms with Crippen LogP contribution in [-0.4, -0.2) is 25.7 Å². The van der Waals surface area contributed by atoms with E-state index >= 15 is 0 Å². The van der Waals surface area contributed by atoms with Crippen molar-refractivity contribution in [3.05, 3.63) is 35.9 Å². The number of nitrogens with zero attached hydrogens (tertiary/aromatic N) is 1. The van der Waals surface area contributed by atoms with Crippen LogP contribution in [-0.2, 0) is 16.0 Å². The molecule has 0 saturated heterocycles. The molecule has 0 aromatic heterocycles. The second-order valence-electron chi connectivity index (χ2n) is 4.21. The third-order valence-corrected chi connectivity index (χ3v) is 2.98. The maximum absolute atomic E-state index is 11.2. The first-order valence-corrected chi connectivity index (χ1v) is 6.18. The average Bonchev–Trinajstić information content (AvgIpc) is 2.74. The van der Waals surface area contributed by atoms with E-state index < -0.39 is 0 Å². The van der Waals surface area contributed by atoms with Crippen LogP contribution in [0.25, 0.3) is 0 Å². The molecule has 0 saturated carbocycles. The van der Waals surface area contributed by atoms with Crippen molar-refractivity contribution in [3.8, 4) is 0 Å². The van der Waals surface area contributed by atoms with Crippen LogP contribution in [0.15, 0.2) is 30.4 Å². The summed E-state index contributed by atoms with van der Waals surface area (Å²) in [6, 6.07) is 5.99. The molecule has 2 rings (SSSR count). The molecular formula is C14H18N2O2. The molecule has 1 aliphatic heterocycles. The zero-order valence-corrected chi connectivity index (χ0v) is 10.6. The fraction of sp³-hybridized carbons (Fsp3) is 0.357. The topological polar surface area (TPSA) is 55.6 Å². The quantitative estimate of drug-likeness (QED) is 0.499. The predicted molar refractivity (Wildman–Crippen MR) is 72.5 cm³/mol. The highest BCUT2D eigenvalue weighted by atomic mass is 16.5. The van der Waals surface area contributed by atoms with Crippen molar-refractivity contribution in [2.75, 3.05) is 30.3 Å². The van der Waals surface area contributed by atoms with E-state index in [4.69, 9.17) is 10.5 Å². The SMILES string of the molecule is CCOC(=O)/C=C/CN1CCc2cccc(N)c21. The smallest absolute Gasteiger partial charge is 0.330 e. The Kier molecular flexibility index (Phi) is 3.87. The molecule has 0 aliphatic carbocycles. The number of para-hydroxylation sites is 1. The van der Waals surface area contributed by atoms with Crippen molar-refractivity contribution < 1.29 is 9.53 Å². The van der Waals surface area contributed by atoms with Crippen LogP contribution in [0, 0.1) is 0 Å². The minimum Gasteiger partial charge on any atom is -0.463 e. The average molecular weight is 246 g/mol. The molecule has 0 unspecified atom stereocenters. The van der Waals surface area contributed by atoms with Gasteiger partial charge in [0, 0.05) is 19.2 Å². The molecule has 0 atom stereocenters. The highest BCUT2D eigenvalue weighted by Crippen LogP contribution is 2.33. The zero-order chi connectivity index (χ0) is 13.0. The summed E-state index contributed by atoms with van der Waals surface area (Å²) >= 11 is 0. The number of nitrogen functional groups attached to an aromatic ring is 1. The van der Waals surface area contributed by atoms with E-state index in [-0.39, 0.29) is 5.97 Å². The molecule has 18 heavy (non-hydrogen) atoms. The summed E-state index contributed by atoms with van der Waals surface area (Å²) in [5.74, 6) is -0.294. The Hall–Kier alpha value is -1.97. The predicted octanol–water partition coefficient (Wildman–Crippen LogP) is 1.75. The second kappa shape index (κ2) is 5.58. The molecule has 4 nitrogen and oxygen atoms in total. The standard InChI is InChI=1S/C14H18N2O2/c1-2-18-13(17)7-4-9-16-10-8-11-5-3-6-12(15)14(11)16/h3-7H,2,8-10,15H2,1H3/b7-4+. The van der Waals surface area contributed by atoms with Crippen LogP contribution in [0.2, 0.25) is 0 Å². The van der Waals surface area contributed by atoms with Gasteiger partial charge in [-0.15, -0.1) is 0 Å². The van der Waals surface area contributed by atoms with Gasteiger partial charge in [0.1, 0.15) is 0 Å². The number of hydrogen-bond donors (Lipinski definition) is 1. The van der Waals surface area contributed by atoms with Gasteiger partial charge >= 0.3 is 5.97 Å². The third-order valence-electron chi connectivity index (χ3n) is 2.98. The Bertz CT molecular complexity index is 469. The number of carbonyl (C=O) groups is 1. The van der Waals surface area contributed by atoms with Gasteiger partial charge in [0.15, 0.2) is 0 Å². The van der Waals surface area contributed by atoms with Gasteiger partial charge < -0.3 is 15.4 Å². The fourth-order valence-electron chi connectivity index (χ4n) is 2.21. The molecular weight excluding hydrogens is 228 g/mol. The van der Waals surface area contributed by atoms with Crippen LogP contribution in [0.5, 0.6) is 0 Å². The molecule has 0 radical (unpaired) electrons. The van der Waals surface area contributed by atoms with Gasteiger partial charge in [-0.05, 0) is 25.0 Å². The molecule has 0 spiro atoms. The maximum atomic E-state index is 11.2. The summed E-state index contributed by atoms with van der Waals surface area (Å²) in [6.45, 7) is 3.82. The lowest BCUT2D eigenvalue weighted by Crippen LogP contribution is -2.21. The number of anilines is 2. The van der Waals surface area contributed by atoms with Gasteiger partial charge in [-0.2, -0.15) is 0 Å². The number of fused-ring (bicyclic) bond motifs is 1. The highest BCUT2D eigenvalue weighted by Gasteiger charge is 2.19. The van der Waals surface area contributed by atoms with Crippen molar-refractivity contribution in [1.29, 1.82) is 0 Å². The summed E-state index contributed by atoms with van der Waals surface area (Å²) in [6.07, 6.45) is 4.30. The van der Waals surface area contributed by atoms with Gasteiger partial charge in [-0.25, -0.2) is 4.79 Å². The first kappa shape index (κ1) is 12.5. The van der Waals surface area contributed by atoms with E-state index in [0.29, 0.717) is 13.2 Å². The van der Waals surface area contributed by atoms with Gasteiger partial charge in [-0.3, -0.25) is 0 Å². The van der Waals surface area contributed by atoms with Gasteiger partial charge in [0.05, 0.1) is 18.0 Å². The third kappa shape index (κ3) is 2.64. The Morgan fingerprint density at radius 2 is 2.39 bits per heavy atom. The molecule has 4 heteroatoms. The molecule has 0 amide bonds. The number of esters is 1. The lowest BCUT2D eigenvalue weighted by atomic mass is 10.1.